The first-order chi connectivity index (χ1) is 17.9. The number of allylic oxidation sites excluding steroid dienone is 4. The van der Waals surface area contributed by atoms with Crippen LogP contribution in [0.2, 0.25) is 0 Å². The van der Waals surface area contributed by atoms with Crippen molar-refractivity contribution in [1.82, 2.24) is 20.6 Å². The molecule has 2 aliphatic carbocycles. The van der Waals surface area contributed by atoms with E-state index in [-0.39, 0.29) is 22.6 Å². The topological polar surface area (TPSA) is 125 Å². The van der Waals surface area contributed by atoms with Crippen LogP contribution in [-0.4, -0.2) is 37.0 Å². The smallest absolute Gasteiger partial charge is 0.335 e. The number of nitrogens with one attached hydrogen (secondary N) is 4. The maximum atomic E-state index is 12.9. The normalized spacial score (nSPS) is 15.7. The molecule has 0 spiro atoms. The number of urea groups is 1. The minimum Gasteiger partial charge on any atom is -0.386 e. The Kier molecular flexibility index (Phi) is 12.5. The van der Waals surface area contributed by atoms with Crippen molar-refractivity contribution in [2.45, 2.75) is 92.0 Å². The molecule has 0 saturated heterocycles. The molecule has 10 heteroatoms. The molecule has 1 saturated carbocycles. The lowest BCUT2D eigenvalue weighted by Gasteiger charge is -2.15. The van der Waals surface area contributed by atoms with Gasteiger partial charge in [0.05, 0.1) is 15.9 Å². The van der Waals surface area contributed by atoms with Crippen LogP contribution in [0.1, 0.15) is 86.0 Å². The highest BCUT2D eigenvalue weighted by Crippen LogP contribution is 2.27. The Morgan fingerprint density at radius 1 is 1.08 bits per heavy atom. The highest BCUT2D eigenvalue weighted by molar-refractivity contribution is 7.91. The Morgan fingerprint density at radius 2 is 1.81 bits per heavy atom. The van der Waals surface area contributed by atoms with Crippen LogP contribution in [0.25, 0.3) is 11.0 Å². The van der Waals surface area contributed by atoms with Gasteiger partial charge >= 0.3 is 16.1 Å². The first kappa shape index (κ1) is 30.2. The van der Waals surface area contributed by atoms with Gasteiger partial charge in [-0.2, -0.15) is 8.42 Å². The number of hydrogen-bond donors (Lipinski definition) is 4. The summed E-state index contributed by atoms with van der Waals surface area (Å²) in [5.74, 6) is 0.462. The number of amides is 2. The van der Waals surface area contributed by atoms with Gasteiger partial charge in [0, 0.05) is 24.4 Å². The van der Waals surface area contributed by atoms with Gasteiger partial charge in [0.15, 0.2) is 0 Å². The van der Waals surface area contributed by atoms with Crippen molar-refractivity contribution in [3.63, 3.8) is 0 Å². The van der Waals surface area contributed by atoms with E-state index in [4.69, 9.17) is 4.18 Å². The summed E-state index contributed by atoms with van der Waals surface area (Å²) in [4.78, 5) is 19.4. The van der Waals surface area contributed by atoms with Gasteiger partial charge < -0.3 is 19.8 Å². The Balaban J connectivity index is 0.00000115. The zero-order valence-corrected chi connectivity index (χ0v) is 23.6. The summed E-state index contributed by atoms with van der Waals surface area (Å²) in [6, 6.07) is 4.91. The molecule has 37 heavy (non-hydrogen) atoms. The number of fused-ring (bicyclic) bond motifs is 1. The summed E-state index contributed by atoms with van der Waals surface area (Å²) >= 11 is 0. The molecule has 1 aromatic carbocycles. The number of aromatic nitrogens is 2. The molecule has 2 aromatic rings. The van der Waals surface area contributed by atoms with Crippen molar-refractivity contribution in [3.05, 3.63) is 41.0 Å². The molecule has 2 aliphatic rings. The average Bonchev–Trinajstić information content (AvgIpc) is 3.48. The number of rotatable bonds is 8. The van der Waals surface area contributed by atoms with E-state index in [2.05, 4.69) is 25.9 Å². The second-order valence-electron chi connectivity index (χ2n) is 8.49. The van der Waals surface area contributed by atoms with Crippen molar-refractivity contribution in [2.75, 3.05) is 11.9 Å². The lowest BCUT2D eigenvalue weighted by molar-refractivity contribution is 0.252. The third-order valence-electron chi connectivity index (χ3n) is 5.83. The zero-order valence-electron chi connectivity index (χ0n) is 22.8. The van der Waals surface area contributed by atoms with E-state index >= 15 is 0 Å². The number of nitrogens with zero attached hydrogens (tertiary/aromatic N) is 1. The van der Waals surface area contributed by atoms with Crippen LogP contribution in [0.4, 0.5) is 10.7 Å². The molecule has 1 heterocycles. The van der Waals surface area contributed by atoms with Crippen LogP contribution in [0, 0.1) is 0 Å². The highest BCUT2D eigenvalue weighted by atomic mass is 32.2. The van der Waals surface area contributed by atoms with Crippen molar-refractivity contribution in [2.24, 2.45) is 0 Å². The Hall–Kier alpha value is -3.01. The molecule has 0 radical (unpaired) electrons. The average molecular weight is 534 g/mol. The maximum absolute atomic E-state index is 12.9. The fourth-order valence-corrected chi connectivity index (χ4v) is 5.24. The molecule has 1 aromatic heterocycles. The second kappa shape index (κ2) is 15.3. The van der Waals surface area contributed by atoms with E-state index in [1.54, 1.807) is 24.3 Å². The molecule has 4 rings (SSSR count). The van der Waals surface area contributed by atoms with Gasteiger partial charge in [0.2, 0.25) is 5.95 Å². The van der Waals surface area contributed by atoms with Crippen LogP contribution in [-0.2, 0) is 10.1 Å². The van der Waals surface area contributed by atoms with Gasteiger partial charge in [0.1, 0.15) is 5.75 Å². The number of carbonyl (C=O) groups is 1. The third kappa shape index (κ3) is 9.10. The molecule has 206 valence electrons. The van der Waals surface area contributed by atoms with Crippen molar-refractivity contribution >= 4 is 33.1 Å². The molecule has 0 unspecified atom stereocenters. The summed E-state index contributed by atoms with van der Waals surface area (Å²) in [5, 5.41) is 8.89. The number of benzene rings is 1. The standard InChI is InChI=1S/C23H31N5O4S.2C2H6/c1-2-14-24-23(29)28-22-26-20-13-11-18(15-21(20)27-22)32-33(30,31)19-9-5-8-17(10-12-19)25-16-6-3-4-7-16;2*1-2/h10-13,15-16,25H,2-9,14H2,1H3,(H3,24,26,27,28,29);2*1-2H3. The third-order valence-corrected chi connectivity index (χ3v) is 7.23. The Bertz CT molecular complexity index is 1160. The molecular weight excluding hydrogens is 490 g/mol. The van der Waals surface area contributed by atoms with Gasteiger partial charge in [-0.1, -0.05) is 47.5 Å². The molecular formula is C27H43N5O4S. The van der Waals surface area contributed by atoms with Crippen LogP contribution < -0.4 is 20.1 Å². The molecule has 2 amide bonds. The fraction of sp³-hybridized carbons (Fsp3) is 0.556. The number of H-pyrrole nitrogens is 1. The van der Waals surface area contributed by atoms with E-state index in [9.17, 15) is 13.2 Å². The molecule has 4 N–H and O–H groups in total. The number of imidazole rings is 1. The van der Waals surface area contributed by atoms with Crippen molar-refractivity contribution in [1.29, 1.82) is 0 Å². The molecule has 9 nitrogen and oxygen atoms in total. The van der Waals surface area contributed by atoms with Gasteiger partial charge in [-0.05, 0) is 62.8 Å². The van der Waals surface area contributed by atoms with E-state index in [1.165, 1.54) is 25.7 Å². The van der Waals surface area contributed by atoms with Gasteiger partial charge in [-0.15, -0.1) is 0 Å². The predicted octanol–water partition coefficient (Wildman–Crippen LogP) is 6.34. The number of aromatic amines is 1. The lowest BCUT2D eigenvalue weighted by Crippen LogP contribution is -2.29. The van der Waals surface area contributed by atoms with E-state index < -0.39 is 10.1 Å². The van der Waals surface area contributed by atoms with E-state index in [0.717, 1.165) is 25.0 Å². The lowest BCUT2D eigenvalue weighted by atomic mass is 10.2. The van der Waals surface area contributed by atoms with Gasteiger partial charge in [-0.25, -0.2) is 9.78 Å². The largest absolute Gasteiger partial charge is 0.386 e. The van der Waals surface area contributed by atoms with Crippen LogP contribution >= 0.6 is 0 Å². The summed E-state index contributed by atoms with van der Waals surface area (Å²) in [6.07, 6.45) is 11.2. The molecule has 1 fully saturated rings. The van der Waals surface area contributed by atoms with Crippen molar-refractivity contribution in [3.8, 4) is 5.75 Å². The number of anilines is 1. The van der Waals surface area contributed by atoms with Crippen LogP contribution in [0.3, 0.4) is 0 Å². The number of carbonyl (C=O) groups excluding carboxylic acids is 1. The quantitative estimate of drug-likeness (QED) is 0.293. The minimum atomic E-state index is -3.93. The summed E-state index contributed by atoms with van der Waals surface area (Å²) < 4.78 is 31.3. The maximum Gasteiger partial charge on any atom is 0.335 e. The second-order valence-corrected chi connectivity index (χ2v) is 10.1. The SMILES string of the molecule is CC.CC.CCCNC(=O)Nc1nc2ccc(OS(=O)(=O)C3=CC=C(NC4CCCC4)CCC3)cc2[nH]1. The first-order valence-electron chi connectivity index (χ1n) is 13.6. The Morgan fingerprint density at radius 3 is 2.51 bits per heavy atom. The highest BCUT2D eigenvalue weighted by Gasteiger charge is 2.23. The van der Waals surface area contributed by atoms with Crippen LogP contribution in [0.5, 0.6) is 5.75 Å². The fourth-order valence-electron chi connectivity index (χ4n) is 4.14. The molecule has 0 bridgehead atoms. The van der Waals surface area contributed by atoms with Crippen LogP contribution in [0.15, 0.2) is 41.0 Å². The number of hydrogen-bond acceptors (Lipinski definition) is 6. The summed E-state index contributed by atoms with van der Waals surface area (Å²) in [7, 11) is -3.93. The van der Waals surface area contributed by atoms with E-state index in [1.807, 2.05) is 40.7 Å². The molecule has 0 aliphatic heterocycles. The minimum absolute atomic E-state index is 0.187. The summed E-state index contributed by atoms with van der Waals surface area (Å²) in [6.45, 7) is 10.5. The zero-order chi connectivity index (χ0) is 27.3. The van der Waals surface area contributed by atoms with Gasteiger partial charge in [0.25, 0.3) is 0 Å². The van der Waals surface area contributed by atoms with E-state index in [0.29, 0.717) is 30.0 Å². The van der Waals surface area contributed by atoms with Gasteiger partial charge in [-0.3, -0.25) is 5.32 Å². The molecule has 0 atom stereocenters. The predicted molar refractivity (Wildman–Crippen MR) is 151 cm³/mol. The Labute approximate surface area is 221 Å². The van der Waals surface area contributed by atoms with Crippen molar-refractivity contribution < 1.29 is 17.4 Å². The first-order valence-corrected chi connectivity index (χ1v) is 15.0. The monoisotopic (exact) mass is 533 g/mol. The summed E-state index contributed by atoms with van der Waals surface area (Å²) in [5.41, 5.74) is 2.24.